The van der Waals surface area contributed by atoms with E-state index in [1.807, 2.05) is 39.2 Å². The summed E-state index contributed by atoms with van der Waals surface area (Å²) in [6, 6.07) is 13.6. The van der Waals surface area contributed by atoms with Crippen molar-refractivity contribution in [2.75, 3.05) is 56.3 Å². The van der Waals surface area contributed by atoms with Gasteiger partial charge in [0, 0.05) is 42.0 Å². The first-order chi connectivity index (χ1) is 21.8. The van der Waals surface area contributed by atoms with Crippen LogP contribution in [0.2, 0.25) is 0 Å². The van der Waals surface area contributed by atoms with Crippen molar-refractivity contribution in [2.45, 2.75) is 71.4 Å². The number of benzene rings is 2. The van der Waals surface area contributed by atoms with E-state index in [1.54, 1.807) is 12.1 Å². The van der Waals surface area contributed by atoms with Gasteiger partial charge in [0.15, 0.2) is 0 Å². The number of hydrogen-bond acceptors (Lipinski definition) is 9. The van der Waals surface area contributed by atoms with Crippen LogP contribution in [-0.2, 0) is 4.79 Å². The number of anilines is 3. The highest BCUT2D eigenvalue weighted by molar-refractivity contribution is 5.93. The van der Waals surface area contributed by atoms with Crippen molar-refractivity contribution in [2.24, 2.45) is 16.8 Å². The normalized spacial score (nSPS) is 20.6. The van der Waals surface area contributed by atoms with E-state index in [0.717, 1.165) is 62.2 Å². The zero-order valence-electron chi connectivity index (χ0n) is 27.3. The minimum absolute atomic E-state index is 0.0884. The van der Waals surface area contributed by atoms with Gasteiger partial charge in [-0.1, -0.05) is 20.3 Å². The van der Waals surface area contributed by atoms with Crippen molar-refractivity contribution in [1.29, 1.82) is 10.5 Å². The first-order valence-corrected chi connectivity index (χ1v) is 16.2. The smallest absolute Gasteiger partial charge is 0.224 e. The number of ether oxygens (including phenoxy) is 2. The van der Waals surface area contributed by atoms with Crippen molar-refractivity contribution >= 4 is 28.7 Å². The summed E-state index contributed by atoms with van der Waals surface area (Å²) < 4.78 is 12.0. The van der Waals surface area contributed by atoms with Gasteiger partial charge in [-0.2, -0.15) is 10.5 Å². The van der Waals surface area contributed by atoms with E-state index in [0.29, 0.717) is 54.0 Å². The topological polar surface area (TPSA) is 135 Å². The second-order valence-electron chi connectivity index (χ2n) is 12.2. The Morgan fingerprint density at radius 1 is 1.16 bits per heavy atom. The van der Waals surface area contributed by atoms with Crippen molar-refractivity contribution < 1.29 is 14.3 Å². The van der Waals surface area contributed by atoms with Crippen LogP contribution in [0, 0.1) is 34.5 Å². The maximum Gasteiger partial charge on any atom is 0.224 e. The molecule has 2 aromatic carbocycles. The summed E-state index contributed by atoms with van der Waals surface area (Å²) in [6.45, 7) is 8.62. The van der Waals surface area contributed by atoms with Crippen molar-refractivity contribution in [3.05, 3.63) is 41.5 Å². The zero-order chi connectivity index (χ0) is 32.3. The van der Waals surface area contributed by atoms with E-state index in [9.17, 15) is 15.3 Å². The van der Waals surface area contributed by atoms with E-state index in [4.69, 9.17) is 9.47 Å². The fraction of sp³-hybridized carbons (Fsp3) is 0.543. The number of hydrogen-bond donors (Lipinski definition) is 3. The Kier molecular flexibility index (Phi) is 12.1. The van der Waals surface area contributed by atoms with E-state index in [-0.39, 0.29) is 11.9 Å². The molecule has 0 radical (unpaired) electrons. The molecular weight excluding hydrogens is 566 g/mol. The van der Waals surface area contributed by atoms with Crippen LogP contribution in [-0.4, -0.2) is 63.0 Å². The fourth-order valence-corrected chi connectivity index (χ4v) is 6.02. The van der Waals surface area contributed by atoms with Gasteiger partial charge in [0.25, 0.3) is 0 Å². The summed E-state index contributed by atoms with van der Waals surface area (Å²) in [6.07, 6.45) is 5.03. The molecule has 3 N–H and O–H groups in total. The molecule has 2 heterocycles. The molecule has 0 saturated heterocycles. The Morgan fingerprint density at radius 2 is 1.98 bits per heavy atom. The standard InChI is InChI=1S/C35H47N7O3/c1-6-10-28-27(21-37)35(39-25-13-14-32(24(17-25)20-36)45-22-31-23(3)11-8-15-38-31)26-18-30(33(44-7-2)19-29(26)40-28)41-34(43)12-9-16-42(4)5/h13-14,17-19,23,27-28,35,39-40H,6-12,15-16,22H2,1-5H3,(H,41,43). The van der Waals surface area contributed by atoms with Crippen molar-refractivity contribution in [3.63, 3.8) is 0 Å². The van der Waals surface area contributed by atoms with Gasteiger partial charge in [0.1, 0.15) is 24.2 Å². The Hall–Kier alpha value is -4.28. The second-order valence-corrected chi connectivity index (χ2v) is 12.2. The molecule has 0 aliphatic carbocycles. The first-order valence-electron chi connectivity index (χ1n) is 16.2. The predicted molar refractivity (Wildman–Crippen MR) is 179 cm³/mol. The van der Waals surface area contributed by atoms with E-state index < -0.39 is 12.0 Å². The zero-order valence-corrected chi connectivity index (χ0v) is 27.3. The number of rotatable bonds is 14. The predicted octanol–water partition coefficient (Wildman–Crippen LogP) is 6.37. The Labute approximate surface area is 267 Å². The third-order valence-corrected chi connectivity index (χ3v) is 8.43. The van der Waals surface area contributed by atoms with Gasteiger partial charge in [0.05, 0.1) is 41.6 Å². The lowest BCUT2D eigenvalue weighted by Gasteiger charge is -2.38. The molecule has 2 aliphatic heterocycles. The summed E-state index contributed by atoms with van der Waals surface area (Å²) in [5, 5.41) is 30.6. The summed E-state index contributed by atoms with van der Waals surface area (Å²) in [5.41, 5.74) is 4.43. The third-order valence-electron chi connectivity index (χ3n) is 8.43. The minimum Gasteiger partial charge on any atom is -0.492 e. The van der Waals surface area contributed by atoms with Gasteiger partial charge in [0.2, 0.25) is 5.91 Å². The van der Waals surface area contributed by atoms with Gasteiger partial charge in [-0.05, 0) is 83.4 Å². The molecule has 4 atom stereocenters. The Morgan fingerprint density at radius 3 is 2.67 bits per heavy atom. The van der Waals surface area contributed by atoms with Crippen LogP contribution in [0.5, 0.6) is 11.5 Å². The number of nitrogens with one attached hydrogen (secondary N) is 3. The van der Waals surface area contributed by atoms with Gasteiger partial charge < -0.3 is 30.3 Å². The molecule has 0 bridgehead atoms. The summed E-state index contributed by atoms with van der Waals surface area (Å²) >= 11 is 0. The third kappa shape index (κ3) is 8.67. The molecule has 4 unspecified atom stereocenters. The Bertz CT molecular complexity index is 1440. The second kappa shape index (κ2) is 16.2. The van der Waals surface area contributed by atoms with Crippen LogP contribution >= 0.6 is 0 Å². The molecule has 10 heteroatoms. The lowest BCUT2D eigenvalue weighted by molar-refractivity contribution is -0.116. The highest BCUT2D eigenvalue weighted by Gasteiger charge is 2.37. The maximum absolute atomic E-state index is 12.9. The van der Waals surface area contributed by atoms with Crippen LogP contribution in [0.25, 0.3) is 0 Å². The van der Waals surface area contributed by atoms with Crippen LogP contribution < -0.4 is 25.4 Å². The monoisotopic (exact) mass is 613 g/mol. The first kappa shape index (κ1) is 33.6. The molecule has 0 aromatic heterocycles. The highest BCUT2D eigenvalue weighted by Crippen LogP contribution is 2.44. The molecule has 0 fully saturated rings. The highest BCUT2D eigenvalue weighted by atomic mass is 16.5. The number of aliphatic imine (C=N–C) groups is 1. The summed E-state index contributed by atoms with van der Waals surface area (Å²) in [7, 11) is 3.97. The largest absolute Gasteiger partial charge is 0.492 e. The molecule has 4 rings (SSSR count). The van der Waals surface area contributed by atoms with Gasteiger partial charge in [-0.3, -0.25) is 9.79 Å². The average molecular weight is 614 g/mol. The van der Waals surface area contributed by atoms with Gasteiger partial charge in [-0.15, -0.1) is 0 Å². The SMILES string of the molecule is CCCC1Nc2cc(OCC)c(NC(=O)CCCN(C)C)cc2C(Nc2ccc(OCC3=NCCCC3C)c(C#N)c2)C1C#N. The molecule has 45 heavy (non-hydrogen) atoms. The van der Waals surface area contributed by atoms with Crippen LogP contribution in [0.15, 0.2) is 35.3 Å². The van der Waals surface area contributed by atoms with E-state index in [2.05, 4.69) is 51.8 Å². The number of carbonyl (C=O) groups excluding carboxylic acids is 1. The molecule has 2 aromatic rings. The van der Waals surface area contributed by atoms with Gasteiger partial charge >= 0.3 is 0 Å². The maximum atomic E-state index is 12.9. The molecule has 10 nitrogen and oxygen atoms in total. The minimum atomic E-state index is -0.411. The van der Waals surface area contributed by atoms with Gasteiger partial charge in [-0.25, -0.2) is 0 Å². The molecule has 2 aliphatic rings. The van der Waals surface area contributed by atoms with Crippen molar-refractivity contribution in [1.82, 2.24) is 4.90 Å². The van der Waals surface area contributed by atoms with Crippen LogP contribution in [0.4, 0.5) is 17.1 Å². The number of carbonyl (C=O) groups is 1. The molecule has 1 amide bonds. The van der Waals surface area contributed by atoms with Crippen molar-refractivity contribution in [3.8, 4) is 23.6 Å². The van der Waals surface area contributed by atoms with Crippen LogP contribution in [0.3, 0.4) is 0 Å². The Balaban J connectivity index is 1.64. The summed E-state index contributed by atoms with van der Waals surface area (Å²) in [4.78, 5) is 19.6. The molecule has 240 valence electrons. The molecule has 0 spiro atoms. The number of fused-ring (bicyclic) bond motifs is 1. The van der Waals surface area contributed by atoms with E-state index >= 15 is 0 Å². The van der Waals surface area contributed by atoms with E-state index in [1.165, 1.54) is 0 Å². The quantitative estimate of drug-likeness (QED) is 0.224. The fourth-order valence-electron chi connectivity index (χ4n) is 6.02. The number of amides is 1. The lowest BCUT2D eigenvalue weighted by Crippen LogP contribution is -2.40. The number of nitriles is 2. The molecular formula is C35H47N7O3. The molecule has 0 saturated carbocycles. The lowest BCUT2D eigenvalue weighted by atomic mass is 9.81. The summed E-state index contributed by atoms with van der Waals surface area (Å²) in [5.74, 6) is 0.968. The number of nitrogens with zero attached hydrogens (tertiary/aromatic N) is 4. The average Bonchev–Trinajstić information content (AvgIpc) is 3.01. The van der Waals surface area contributed by atoms with Crippen LogP contribution in [0.1, 0.15) is 76.5 Å².